The van der Waals surface area contributed by atoms with Gasteiger partial charge in [0.2, 0.25) is 10.0 Å². The number of sulfonamides is 1. The molecule has 1 aliphatic rings. The highest BCUT2D eigenvalue weighted by Crippen LogP contribution is 2.32. The number of hydrogen-bond acceptors (Lipinski definition) is 4. The van der Waals surface area contributed by atoms with Crippen LogP contribution in [-0.4, -0.2) is 33.4 Å². The Labute approximate surface area is 120 Å². The summed E-state index contributed by atoms with van der Waals surface area (Å²) in [6.45, 7) is 5.41. The van der Waals surface area contributed by atoms with Crippen LogP contribution >= 0.6 is 0 Å². The predicted molar refractivity (Wildman–Crippen MR) is 79.4 cm³/mol. The minimum absolute atomic E-state index is 0.287. The maximum absolute atomic E-state index is 12.3. The van der Waals surface area contributed by atoms with Crippen LogP contribution in [0.2, 0.25) is 0 Å². The molecule has 0 aliphatic carbocycles. The van der Waals surface area contributed by atoms with E-state index in [-0.39, 0.29) is 6.04 Å². The van der Waals surface area contributed by atoms with Gasteiger partial charge in [0, 0.05) is 12.1 Å². The predicted octanol–water partition coefficient (Wildman–Crippen LogP) is 1.43. The van der Waals surface area contributed by atoms with Crippen LogP contribution in [0.4, 0.5) is 0 Å². The molecular weight excluding hydrogens is 276 g/mol. The van der Waals surface area contributed by atoms with Gasteiger partial charge in [-0.3, -0.25) is 0 Å². The van der Waals surface area contributed by atoms with E-state index in [0.717, 1.165) is 24.3 Å². The second-order valence-corrected chi connectivity index (χ2v) is 7.21. The SMILES string of the molecule is CCCNCC(C)S(=O)(=O)NC1COc2ccccc21. The molecule has 112 valence electrons. The van der Waals surface area contributed by atoms with Crippen LogP contribution in [-0.2, 0) is 10.0 Å². The van der Waals surface area contributed by atoms with Crippen molar-refractivity contribution in [3.63, 3.8) is 0 Å². The largest absolute Gasteiger partial charge is 0.491 e. The lowest BCUT2D eigenvalue weighted by molar-refractivity contribution is 0.324. The lowest BCUT2D eigenvalue weighted by Gasteiger charge is -2.17. The highest BCUT2D eigenvalue weighted by Gasteiger charge is 2.30. The van der Waals surface area contributed by atoms with Gasteiger partial charge < -0.3 is 10.1 Å². The zero-order valence-electron chi connectivity index (χ0n) is 11.9. The van der Waals surface area contributed by atoms with Crippen molar-refractivity contribution >= 4 is 10.0 Å². The number of para-hydroxylation sites is 1. The molecule has 1 aromatic carbocycles. The molecule has 0 radical (unpaired) electrons. The Hall–Kier alpha value is -1.11. The standard InChI is InChI=1S/C14H22N2O3S/c1-3-8-15-9-11(2)20(17,18)16-13-10-19-14-7-5-4-6-12(13)14/h4-7,11,13,15-16H,3,8-10H2,1-2H3. The van der Waals surface area contributed by atoms with Crippen molar-refractivity contribution in [2.75, 3.05) is 19.7 Å². The van der Waals surface area contributed by atoms with Gasteiger partial charge in [-0.2, -0.15) is 0 Å². The summed E-state index contributed by atoms with van der Waals surface area (Å²) in [5.74, 6) is 0.761. The van der Waals surface area contributed by atoms with Crippen LogP contribution in [0, 0.1) is 0 Å². The first-order valence-corrected chi connectivity index (χ1v) is 8.53. The zero-order chi connectivity index (χ0) is 14.6. The summed E-state index contributed by atoms with van der Waals surface area (Å²) in [4.78, 5) is 0. The van der Waals surface area contributed by atoms with Crippen molar-refractivity contribution in [3.8, 4) is 5.75 Å². The molecule has 0 saturated heterocycles. The van der Waals surface area contributed by atoms with E-state index >= 15 is 0 Å². The number of nitrogens with one attached hydrogen (secondary N) is 2. The summed E-state index contributed by atoms with van der Waals surface area (Å²) in [5.41, 5.74) is 0.907. The monoisotopic (exact) mass is 298 g/mol. The quantitative estimate of drug-likeness (QED) is 0.747. The lowest BCUT2D eigenvalue weighted by Crippen LogP contribution is -2.41. The van der Waals surface area contributed by atoms with Gasteiger partial charge in [-0.1, -0.05) is 25.1 Å². The van der Waals surface area contributed by atoms with Crippen LogP contribution in [0.3, 0.4) is 0 Å². The summed E-state index contributed by atoms with van der Waals surface area (Å²) in [6.07, 6.45) is 0.990. The van der Waals surface area contributed by atoms with Crippen LogP contribution in [0.15, 0.2) is 24.3 Å². The van der Waals surface area contributed by atoms with Crippen molar-refractivity contribution in [2.45, 2.75) is 31.6 Å². The highest BCUT2D eigenvalue weighted by molar-refractivity contribution is 7.90. The Kier molecular flexibility index (Phi) is 5.01. The third kappa shape index (κ3) is 3.50. The Morgan fingerprint density at radius 3 is 2.90 bits per heavy atom. The van der Waals surface area contributed by atoms with Crippen molar-refractivity contribution in [2.24, 2.45) is 0 Å². The van der Waals surface area contributed by atoms with Crippen molar-refractivity contribution in [1.82, 2.24) is 10.0 Å². The summed E-state index contributed by atoms with van der Waals surface area (Å²) in [7, 11) is -3.36. The van der Waals surface area contributed by atoms with Crippen LogP contribution in [0.1, 0.15) is 31.9 Å². The van der Waals surface area contributed by atoms with Gasteiger partial charge in [0.1, 0.15) is 12.4 Å². The Morgan fingerprint density at radius 2 is 2.15 bits per heavy atom. The Balaban J connectivity index is 1.99. The minimum Gasteiger partial charge on any atom is -0.491 e. The molecule has 0 bridgehead atoms. The maximum atomic E-state index is 12.3. The summed E-state index contributed by atoms with van der Waals surface area (Å²) < 4.78 is 32.8. The van der Waals surface area contributed by atoms with Gasteiger partial charge in [0.15, 0.2) is 0 Å². The molecule has 2 rings (SSSR count). The molecule has 1 aliphatic heterocycles. The molecule has 0 saturated carbocycles. The molecule has 1 heterocycles. The maximum Gasteiger partial charge on any atom is 0.216 e. The molecule has 0 aromatic heterocycles. The van der Waals surface area contributed by atoms with Gasteiger partial charge in [-0.05, 0) is 26.0 Å². The third-order valence-corrected chi connectivity index (χ3v) is 5.23. The van der Waals surface area contributed by atoms with E-state index < -0.39 is 15.3 Å². The Bertz CT molecular complexity index is 545. The van der Waals surface area contributed by atoms with Crippen molar-refractivity contribution < 1.29 is 13.2 Å². The van der Waals surface area contributed by atoms with E-state index in [1.54, 1.807) is 6.92 Å². The van der Waals surface area contributed by atoms with Gasteiger partial charge in [-0.15, -0.1) is 0 Å². The van der Waals surface area contributed by atoms with E-state index in [9.17, 15) is 8.42 Å². The lowest BCUT2D eigenvalue weighted by atomic mass is 10.1. The van der Waals surface area contributed by atoms with Crippen LogP contribution in [0.25, 0.3) is 0 Å². The smallest absolute Gasteiger partial charge is 0.216 e. The number of hydrogen-bond donors (Lipinski definition) is 2. The third-order valence-electron chi connectivity index (χ3n) is 3.39. The summed E-state index contributed by atoms with van der Waals surface area (Å²) in [6, 6.07) is 7.24. The Morgan fingerprint density at radius 1 is 1.40 bits per heavy atom. The molecule has 0 fully saturated rings. The molecule has 20 heavy (non-hydrogen) atoms. The van der Waals surface area contributed by atoms with E-state index in [1.165, 1.54) is 0 Å². The van der Waals surface area contributed by atoms with Gasteiger partial charge in [-0.25, -0.2) is 13.1 Å². The molecule has 1 aromatic rings. The minimum atomic E-state index is -3.36. The number of benzene rings is 1. The molecule has 2 unspecified atom stereocenters. The second kappa shape index (κ2) is 6.56. The van der Waals surface area contributed by atoms with Crippen molar-refractivity contribution in [1.29, 1.82) is 0 Å². The molecule has 5 nitrogen and oxygen atoms in total. The fraction of sp³-hybridized carbons (Fsp3) is 0.571. The van der Waals surface area contributed by atoms with E-state index in [2.05, 4.69) is 17.0 Å². The first-order chi connectivity index (χ1) is 9.54. The molecule has 6 heteroatoms. The zero-order valence-corrected chi connectivity index (χ0v) is 12.7. The van der Waals surface area contributed by atoms with E-state index in [1.807, 2.05) is 24.3 Å². The van der Waals surface area contributed by atoms with Crippen LogP contribution < -0.4 is 14.8 Å². The first-order valence-electron chi connectivity index (χ1n) is 6.98. The summed E-state index contributed by atoms with van der Waals surface area (Å²) >= 11 is 0. The number of ether oxygens (including phenoxy) is 1. The molecule has 0 amide bonds. The number of rotatable bonds is 7. The summed E-state index contributed by atoms with van der Waals surface area (Å²) in [5, 5.41) is 2.66. The van der Waals surface area contributed by atoms with E-state index in [4.69, 9.17) is 4.74 Å². The molecule has 2 N–H and O–H groups in total. The van der Waals surface area contributed by atoms with Gasteiger partial charge in [0.05, 0.1) is 11.3 Å². The fourth-order valence-electron chi connectivity index (χ4n) is 2.17. The van der Waals surface area contributed by atoms with E-state index in [0.29, 0.717) is 13.2 Å². The average Bonchev–Trinajstić information content (AvgIpc) is 2.82. The molecule has 0 spiro atoms. The normalized spacial score (nSPS) is 19.4. The molecular formula is C14H22N2O3S. The van der Waals surface area contributed by atoms with Crippen molar-refractivity contribution in [3.05, 3.63) is 29.8 Å². The first kappa shape index (κ1) is 15.3. The average molecular weight is 298 g/mol. The van der Waals surface area contributed by atoms with Gasteiger partial charge in [0.25, 0.3) is 0 Å². The molecule has 2 atom stereocenters. The second-order valence-electron chi connectivity index (χ2n) is 5.08. The van der Waals surface area contributed by atoms with Gasteiger partial charge >= 0.3 is 0 Å². The highest BCUT2D eigenvalue weighted by atomic mass is 32.2. The topological polar surface area (TPSA) is 67.4 Å². The fourth-order valence-corrected chi connectivity index (χ4v) is 3.33. The van der Waals surface area contributed by atoms with Crippen LogP contribution in [0.5, 0.6) is 5.75 Å². The number of fused-ring (bicyclic) bond motifs is 1.